The highest BCUT2D eigenvalue weighted by Crippen LogP contribution is 2.27. The van der Waals surface area contributed by atoms with E-state index in [0.29, 0.717) is 11.4 Å². The molecule has 0 aliphatic rings. The average molecular weight is 254 g/mol. The lowest BCUT2D eigenvalue weighted by molar-refractivity contribution is 0.415. The molecule has 0 spiro atoms. The maximum Gasteiger partial charge on any atom is 0.237 e. The number of methoxy groups -OCH3 is 1. The molecule has 0 N–H and O–H groups in total. The molecule has 1 aromatic heterocycles. The molecule has 2 aromatic rings. The molecule has 2 rings (SSSR count). The number of nitrogens with zero attached hydrogens (tertiary/aromatic N) is 2. The number of hydrogen-bond donors (Lipinski definition) is 0. The number of furan rings is 1. The van der Waals surface area contributed by atoms with E-state index in [1.165, 1.54) is 0 Å². The Morgan fingerprint density at radius 3 is 2.53 bits per heavy atom. The van der Waals surface area contributed by atoms with Gasteiger partial charge in [-0.15, -0.1) is 0 Å². The van der Waals surface area contributed by atoms with Gasteiger partial charge in [-0.2, -0.15) is 5.26 Å². The third kappa shape index (κ3) is 2.66. The number of hydrogen-bond acceptors (Lipinski definition) is 4. The lowest BCUT2D eigenvalue weighted by Gasteiger charge is -1.98. The minimum absolute atomic E-state index is 0.355. The van der Waals surface area contributed by atoms with Crippen LogP contribution < -0.4 is 4.74 Å². The molecule has 4 heteroatoms. The van der Waals surface area contributed by atoms with Gasteiger partial charge < -0.3 is 9.15 Å². The van der Waals surface area contributed by atoms with Gasteiger partial charge in [0.05, 0.1) is 7.11 Å². The van der Waals surface area contributed by atoms with Crippen LogP contribution in [-0.2, 0) is 0 Å². The number of nitriles is 1. The standard InChI is InChI=1S/C15H14N2O2/c1-10-11(2)19-15(14(10)8-16)17-9-12-4-6-13(18-3)7-5-12/h4-7,9H,1-3H3. The molecule has 19 heavy (non-hydrogen) atoms. The molecular weight excluding hydrogens is 240 g/mol. The van der Waals surface area contributed by atoms with Crippen molar-refractivity contribution in [1.82, 2.24) is 0 Å². The Balaban J connectivity index is 2.27. The van der Waals surface area contributed by atoms with Crippen molar-refractivity contribution >= 4 is 12.1 Å². The van der Waals surface area contributed by atoms with E-state index in [1.807, 2.05) is 38.1 Å². The van der Waals surface area contributed by atoms with Crippen LogP contribution in [0.1, 0.15) is 22.5 Å². The summed E-state index contributed by atoms with van der Waals surface area (Å²) in [4.78, 5) is 4.23. The van der Waals surface area contributed by atoms with Gasteiger partial charge in [0.15, 0.2) is 0 Å². The summed E-state index contributed by atoms with van der Waals surface area (Å²) in [5.74, 6) is 1.87. The van der Waals surface area contributed by atoms with E-state index in [1.54, 1.807) is 13.3 Å². The fraction of sp³-hybridized carbons (Fsp3) is 0.200. The molecule has 4 nitrogen and oxygen atoms in total. The maximum atomic E-state index is 9.08. The van der Waals surface area contributed by atoms with Crippen molar-refractivity contribution in [3.8, 4) is 11.8 Å². The van der Waals surface area contributed by atoms with Crippen LogP contribution in [0.15, 0.2) is 33.7 Å². The summed E-state index contributed by atoms with van der Waals surface area (Å²) < 4.78 is 10.5. The maximum absolute atomic E-state index is 9.08. The molecule has 0 saturated heterocycles. The first-order chi connectivity index (χ1) is 9.15. The lowest BCUT2D eigenvalue weighted by Crippen LogP contribution is -1.84. The van der Waals surface area contributed by atoms with Crippen molar-refractivity contribution in [2.75, 3.05) is 7.11 Å². The summed E-state index contributed by atoms with van der Waals surface area (Å²) in [5.41, 5.74) is 2.24. The third-order valence-corrected chi connectivity index (χ3v) is 2.93. The van der Waals surface area contributed by atoms with E-state index >= 15 is 0 Å². The van der Waals surface area contributed by atoms with Gasteiger partial charge in [-0.1, -0.05) is 0 Å². The van der Waals surface area contributed by atoms with Crippen LogP contribution in [0.25, 0.3) is 0 Å². The number of benzene rings is 1. The van der Waals surface area contributed by atoms with Crippen molar-refractivity contribution in [2.24, 2.45) is 4.99 Å². The molecule has 1 heterocycles. The molecule has 0 fully saturated rings. The summed E-state index contributed by atoms with van der Waals surface area (Å²) in [6.07, 6.45) is 1.66. The second-order valence-electron chi connectivity index (χ2n) is 4.11. The highest BCUT2D eigenvalue weighted by atomic mass is 16.5. The Kier molecular flexibility index (Phi) is 3.67. The highest BCUT2D eigenvalue weighted by Gasteiger charge is 2.12. The SMILES string of the molecule is COc1ccc(C=Nc2oc(C)c(C)c2C#N)cc1. The predicted molar refractivity (Wildman–Crippen MR) is 73.1 cm³/mol. The van der Waals surface area contributed by atoms with Crippen LogP contribution in [0.5, 0.6) is 5.75 Å². The van der Waals surface area contributed by atoms with Crippen LogP contribution in [0.4, 0.5) is 5.88 Å². The van der Waals surface area contributed by atoms with Gasteiger partial charge in [0.25, 0.3) is 0 Å². The second kappa shape index (κ2) is 5.40. The van der Waals surface area contributed by atoms with Crippen molar-refractivity contribution in [3.05, 3.63) is 46.7 Å². The Morgan fingerprint density at radius 1 is 1.26 bits per heavy atom. The van der Waals surface area contributed by atoms with Gasteiger partial charge in [-0.05, 0) is 43.7 Å². The second-order valence-corrected chi connectivity index (χ2v) is 4.11. The summed E-state index contributed by atoms with van der Waals surface area (Å²) in [6, 6.07) is 9.59. The summed E-state index contributed by atoms with van der Waals surface area (Å²) in [5, 5.41) is 9.08. The first-order valence-corrected chi connectivity index (χ1v) is 5.84. The largest absolute Gasteiger partial charge is 0.497 e. The number of aliphatic imine (C=N–C) groups is 1. The van der Waals surface area contributed by atoms with E-state index in [0.717, 1.165) is 22.6 Å². The van der Waals surface area contributed by atoms with Gasteiger partial charge in [0, 0.05) is 11.8 Å². The van der Waals surface area contributed by atoms with Gasteiger partial charge in [-0.25, -0.2) is 4.99 Å². The number of rotatable bonds is 3. The zero-order chi connectivity index (χ0) is 13.8. The van der Waals surface area contributed by atoms with Crippen molar-refractivity contribution in [3.63, 3.8) is 0 Å². The summed E-state index contributed by atoms with van der Waals surface area (Å²) in [6.45, 7) is 3.67. The molecule has 0 unspecified atom stereocenters. The van der Waals surface area contributed by atoms with E-state index in [9.17, 15) is 0 Å². The Morgan fingerprint density at radius 2 is 1.95 bits per heavy atom. The van der Waals surface area contributed by atoms with Crippen LogP contribution in [-0.4, -0.2) is 13.3 Å². The van der Waals surface area contributed by atoms with Gasteiger partial charge in [0.2, 0.25) is 5.88 Å². The quantitative estimate of drug-likeness (QED) is 0.787. The van der Waals surface area contributed by atoms with Crippen LogP contribution in [0, 0.1) is 25.2 Å². The molecule has 1 aromatic carbocycles. The fourth-order valence-electron chi connectivity index (χ4n) is 1.65. The zero-order valence-electron chi connectivity index (χ0n) is 11.1. The minimum Gasteiger partial charge on any atom is -0.497 e. The van der Waals surface area contributed by atoms with E-state index in [2.05, 4.69) is 11.1 Å². The minimum atomic E-state index is 0.355. The first kappa shape index (κ1) is 12.9. The molecule has 0 aliphatic carbocycles. The predicted octanol–water partition coefficient (Wildman–Crippen LogP) is 3.53. The van der Waals surface area contributed by atoms with Crippen molar-refractivity contribution < 1.29 is 9.15 Å². The van der Waals surface area contributed by atoms with Crippen LogP contribution in [0.3, 0.4) is 0 Å². The molecule has 96 valence electrons. The molecule has 0 saturated carbocycles. The number of ether oxygens (including phenoxy) is 1. The van der Waals surface area contributed by atoms with Crippen molar-refractivity contribution in [2.45, 2.75) is 13.8 Å². The van der Waals surface area contributed by atoms with E-state index in [4.69, 9.17) is 14.4 Å². The molecule has 0 bridgehead atoms. The third-order valence-electron chi connectivity index (χ3n) is 2.93. The zero-order valence-corrected chi connectivity index (χ0v) is 11.1. The lowest BCUT2D eigenvalue weighted by atomic mass is 10.2. The van der Waals surface area contributed by atoms with Gasteiger partial charge >= 0.3 is 0 Å². The average Bonchev–Trinajstić information content (AvgIpc) is 2.72. The smallest absolute Gasteiger partial charge is 0.237 e. The topological polar surface area (TPSA) is 58.5 Å². The Hall–Kier alpha value is -2.54. The molecule has 0 atom stereocenters. The monoisotopic (exact) mass is 254 g/mol. The number of aryl methyl sites for hydroxylation is 1. The van der Waals surface area contributed by atoms with Crippen molar-refractivity contribution in [1.29, 1.82) is 5.26 Å². The molecule has 0 amide bonds. The molecular formula is C15H14N2O2. The Labute approximate surface area is 112 Å². The molecule has 0 aliphatic heterocycles. The van der Waals surface area contributed by atoms with Gasteiger partial charge in [0.1, 0.15) is 23.1 Å². The van der Waals surface area contributed by atoms with Crippen LogP contribution >= 0.6 is 0 Å². The van der Waals surface area contributed by atoms with Gasteiger partial charge in [-0.3, -0.25) is 0 Å². The highest BCUT2D eigenvalue weighted by molar-refractivity contribution is 5.82. The van der Waals surface area contributed by atoms with Crippen LogP contribution in [0.2, 0.25) is 0 Å². The Bertz CT molecular complexity index is 646. The summed E-state index contributed by atoms with van der Waals surface area (Å²) in [7, 11) is 1.62. The molecule has 0 radical (unpaired) electrons. The fourth-order valence-corrected chi connectivity index (χ4v) is 1.65. The summed E-state index contributed by atoms with van der Waals surface area (Å²) >= 11 is 0. The first-order valence-electron chi connectivity index (χ1n) is 5.84. The van der Waals surface area contributed by atoms with E-state index in [-0.39, 0.29) is 0 Å². The van der Waals surface area contributed by atoms with E-state index < -0.39 is 0 Å². The normalized spacial score (nSPS) is 10.6.